The molecule has 1 heteroatoms. The Labute approximate surface area is 86.0 Å². The third-order valence-electron chi connectivity index (χ3n) is 4.06. The van der Waals surface area contributed by atoms with Crippen molar-refractivity contribution >= 4 is 0 Å². The van der Waals surface area contributed by atoms with Crippen LogP contribution in [0.25, 0.3) is 0 Å². The van der Waals surface area contributed by atoms with Crippen LogP contribution in [-0.4, -0.2) is 31.2 Å². The molecule has 4 bridgehead atoms. The van der Waals surface area contributed by atoms with Gasteiger partial charge in [-0.2, -0.15) is 0 Å². The lowest BCUT2D eigenvalue weighted by atomic mass is 9.81. The zero-order valence-corrected chi connectivity index (χ0v) is 8.98. The van der Waals surface area contributed by atoms with Crippen molar-refractivity contribution in [2.75, 3.05) is 20.6 Å². The van der Waals surface area contributed by atoms with Crippen molar-refractivity contribution in [1.82, 2.24) is 0 Å². The molecule has 0 aromatic heterocycles. The van der Waals surface area contributed by atoms with Gasteiger partial charge in [0.05, 0.1) is 26.6 Å². The van der Waals surface area contributed by atoms with E-state index in [2.05, 4.69) is 44.5 Å². The predicted octanol–water partition coefficient (Wildman–Crippen LogP) is 2.13. The monoisotopic (exact) mass is 188 g/mol. The molecule has 0 aromatic rings. The van der Waals surface area contributed by atoms with Crippen LogP contribution in [0.4, 0.5) is 0 Å². The van der Waals surface area contributed by atoms with E-state index in [4.69, 9.17) is 0 Å². The summed E-state index contributed by atoms with van der Waals surface area (Å²) in [4.78, 5) is 0. The van der Waals surface area contributed by atoms with Crippen LogP contribution in [0.1, 0.15) is 6.42 Å². The molecule has 0 spiro atoms. The summed E-state index contributed by atoms with van der Waals surface area (Å²) >= 11 is 0. The van der Waals surface area contributed by atoms with E-state index in [9.17, 15) is 0 Å². The fourth-order valence-electron chi connectivity index (χ4n) is 3.08. The zero-order valence-electron chi connectivity index (χ0n) is 8.98. The SMILES string of the molecule is C[N+]1(C)CCC2=C[C@@H]3C=C[C@H]2[C@@H]1C=C3. The second kappa shape index (κ2) is 2.60. The molecule has 74 valence electrons. The molecule has 0 radical (unpaired) electrons. The lowest BCUT2D eigenvalue weighted by molar-refractivity contribution is -0.914. The van der Waals surface area contributed by atoms with Gasteiger partial charge in [0.2, 0.25) is 0 Å². The van der Waals surface area contributed by atoms with E-state index < -0.39 is 0 Å². The molecule has 1 aliphatic heterocycles. The smallest absolute Gasteiger partial charge is 0.117 e. The van der Waals surface area contributed by atoms with Gasteiger partial charge in [0.15, 0.2) is 0 Å². The Bertz CT molecular complexity index is 346. The number of rotatable bonds is 0. The van der Waals surface area contributed by atoms with Crippen LogP contribution in [0.2, 0.25) is 0 Å². The minimum atomic E-state index is 0.587. The summed E-state index contributed by atoms with van der Waals surface area (Å²) in [5, 5.41) is 0. The number of hydrogen-bond donors (Lipinski definition) is 0. The van der Waals surface area contributed by atoms with Gasteiger partial charge in [0, 0.05) is 12.3 Å². The van der Waals surface area contributed by atoms with Crippen molar-refractivity contribution in [3.8, 4) is 0 Å². The first-order chi connectivity index (χ1) is 6.67. The van der Waals surface area contributed by atoms with Crippen molar-refractivity contribution in [3.05, 3.63) is 36.0 Å². The van der Waals surface area contributed by atoms with Gasteiger partial charge in [-0.15, -0.1) is 0 Å². The molecule has 0 aromatic carbocycles. The van der Waals surface area contributed by atoms with E-state index in [1.165, 1.54) is 13.0 Å². The molecule has 0 N–H and O–H groups in total. The van der Waals surface area contributed by atoms with Crippen LogP contribution in [0.3, 0.4) is 0 Å². The van der Waals surface area contributed by atoms with Crippen molar-refractivity contribution in [2.24, 2.45) is 11.8 Å². The largest absolute Gasteiger partial charge is 0.322 e. The van der Waals surface area contributed by atoms with E-state index >= 15 is 0 Å². The molecule has 1 heterocycles. The number of quaternary nitrogens is 1. The summed E-state index contributed by atoms with van der Waals surface area (Å²) in [7, 11) is 4.72. The molecule has 0 amide bonds. The highest BCUT2D eigenvalue weighted by Crippen LogP contribution is 2.39. The van der Waals surface area contributed by atoms with Crippen LogP contribution < -0.4 is 0 Å². The number of piperidine rings is 1. The number of allylic oxidation sites excluding steroid dienone is 3. The second-order valence-electron chi connectivity index (χ2n) is 5.36. The summed E-state index contributed by atoms with van der Waals surface area (Å²) in [6.07, 6.45) is 13.4. The van der Waals surface area contributed by atoms with Crippen LogP contribution in [0, 0.1) is 11.8 Å². The van der Waals surface area contributed by atoms with Gasteiger partial charge in [-0.25, -0.2) is 0 Å². The third kappa shape index (κ3) is 1.05. The average molecular weight is 188 g/mol. The maximum absolute atomic E-state index is 2.47. The normalized spacial score (nSPS) is 42.1. The zero-order chi connectivity index (χ0) is 9.76. The van der Waals surface area contributed by atoms with Crippen LogP contribution in [-0.2, 0) is 0 Å². The van der Waals surface area contributed by atoms with Gasteiger partial charge < -0.3 is 4.48 Å². The molecule has 3 atom stereocenters. The van der Waals surface area contributed by atoms with Crippen molar-refractivity contribution in [2.45, 2.75) is 12.5 Å². The fourth-order valence-corrected chi connectivity index (χ4v) is 3.08. The van der Waals surface area contributed by atoms with Gasteiger partial charge >= 0.3 is 0 Å². The molecule has 1 fully saturated rings. The second-order valence-corrected chi connectivity index (χ2v) is 5.36. The maximum Gasteiger partial charge on any atom is 0.117 e. The van der Waals surface area contributed by atoms with E-state index in [-0.39, 0.29) is 0 Å². The molecule has 1 saturated heterocycles. The van der Waals surface area contributed by atoms with Crippen molar-refractivity contribution < 1.29 is 4.48 Å². The molecule has 14 heavy (non-hydrogen) atoms. The maximum atomic E-state index is 2.47. The number of likely N-dealkylation sites (tertiary alicyclic amines) is 1. The summed E-state index contributed by atoms with van der Waals surface area (Å²) in [6, 6.07) is 0.679. The summed E-state index contributed by atoms with van der Waals surface area (Å²) in [6.45, 7) is 1.29. The molecule has 0 unspecified atom stereocenters. The minimum Gasteiger partial charge on any atom is -0.322 e. The standard InChI is InChI=1S/C13H18N/c1-14(2)8-7-11-9-10-3-5-12(11)13(14)6-4-10/h3-6,9-10,12-13H,7-8H2,1-2H3/q+1/t10-,12-,13+/m1/s1. The average Bonchev–Trinajstić information content (AvgIpc) is 2.43. The van der Waals surface area contributed by atoms with Gasteiger partial charge in [-0.3, -0.25) is 0 Å². The minimum absolute atomic E-state index is 0.587. The lowest BCUT2D eigenvalue weighted by Crippen LogP contribution is -2.55. The molecule has 3 aliphatic carbocycles. The molecule has 4 rings (SSSR count). The predicted molar refractivity (Wildman–Crippen MR) is 58.7 cm³/mol. The first-order valence-corrected chi connectivity index (χ1v) is 5.57. The first-order valence-electron chi connectivity index (χ1n) is 5.57. The van der Waals surface area contributed by atoms with Crippen LogP contribution >= 0.6 is 0 Å². The Kier molecular flexibility index (Phi) is 1.58. The van der Waals surface area contributed by atoms with E-state index in [1.807, 2.05) is 0 Å². The van der Waals surface area contributed by atoms with Crippen molar-refractivity contribution in [1.29, 1.82) is 0 Å². The van der Waals surface area contributed by atoms with Gasteiger partial charge in [-0.1, -0.05) is 29.9 Å². The summed E-state index contributed by atoms with van der Waals surface area (Å²) < 4.78 is 1.15. The molecular formula is C13H18N+. The quantitative estimate of drug-likeness (QED) is 0.403. The highest BCUT2D eigenvalue weighted by atomic mass is 15.3. The van der Waals surface area contributed by atoms with Crippen LogP contribution in [0.15, 0.2) is 36.0 Å². The Morgan fingerprint density at radius 2 is 1.93 bits per heavy atom. The topological polar surface area (TPSA) is 0 Å². The first kappa shape index (κ1) is 8.49. The van der Waals surface area contributed by atoms with E-state index in [0.29, 0.717) is 17.9 Å². The van der Waals surface area contributed by atoms with Gasteiger partial charge in [0.25, 0.3) is 0 Å². The van der Waals surface area contributed by atoms with E-state index in [0.717, 1.165) is 4.48 Å². The fraction of sp³-hybridized carbons (Fsp3) is 0.538. The highest BCUT2D eigenvalue weighted by Gasteiger charge is 2.41. The number of hydrogen-bond acceptors (Lipinski definition) is 0. The van der Waals surface area contributed by atoms with Gasteiger partial charge in [0.1, 0.15) is 6.04 Å². The van der Waals surface area contributed by atoms with Crippen molar-refractivity contribution in [3.63, 3.8) is 0 Å². The summed E-state index contributed by atoms with van der Waals surface area (Å²) in [5.74, 6) is 1.28. The van der Waals surface area contributed by atoms with Crippen LogP contribution in [0.5, 0.6) is 0 Å². The number of nitrogens with zero attached hydrogens (tertiary/aromatic N) is 1. The van der Waals surface area contributed by atoms with E-state index in [1.54, 1.807) is 5.57 Å². The highest BCUT2D eigenvalue weighted by molar-refractivity contribution is 5.33. The summed E-state index contributed by atoms with van der Waals surface area (Å²) in [5.41, 5.74) is 1.69. The lowest BCUT2D eigenvalue weighted by Gasteiger charge is -2.45. The Hall–Kier alpha value is -0.820. The Balaban J connectivity index is 2.10. The third-order valence-corrected chi connectivity index (χ3v) is 4.06. The molecule has 1 nitrogen and oxygen atoms in total. The molecule has 0 saturated carbocycles. The Morgan fingerprint density at radius 1 is 1.14 bits per heavy atom. The molecule has 4 aliphatic rings. The van der Waals surface area contributed by atoms with Gasteiger partial charge in [-0.05, 0) is 6.08 Å². The Morgan fingerprint density at radius 3 is 2.79 bits per heavy atom. The number of likely N-dealkylation sites (N-methyl/N-ethyl adjacent to an activating group) is 1. The molecular weight excluding hydrogens is 170 g/mol.